The number of rotatable bonds is 9. The van der Waals surface area contributed by atoms with Crippen LogP contribution in [0.1, 0.15) is 5.82 Å². The lowest BCUT2D eigenvalue weighted by atomic mass is 10.3. The Morgan fingerprint density at radius 1 is 1.08 bits per heavy atom. The number of morpholine rings is 1. The van der Waals surface area contributed by atoms with Gasteiger partial charge in [0.15, 0.2) is 0 Å². The van der Waals surface area contributed by atoms with Gasteiger partial charge in [0, 0.05) is 44.0 Å². The Morgan fingerprint density at radius 2 is 1.89 bits per heavy atom. The Labute approximate surface area is 215 Å². The zero-order valence-electron chi connectivity index (χ0n) is 20.1. The molecule has 10 nitrogen and oxygen atoms in total. The smallest absolute Gasteiger partial charge is 0.240 e. The summed E-state index contributed by atoms with van der Waals surface area (Å²) in [5, 5.41) is 9.27. The van der Waals surface area contributed by atoms with Crippen molar-refractivity contribution in [3.05, 3.63) is 72.7 Å². The molecule has 5 rings (SSSR count). The van der Waals surface area contributed by atoms with Gasteiger partial charge in [0.1, 0.15) is 17.1 Å². The second kappa shape index (κ2) is 11.1. The number of fused-ring (bicyclic) bond motifs is 1. The van der Waals surface area contributed by atoms with Crippen LogP contribution in [0, 0.1) is 11.3 Å². The largest absolute Gasteiger partial charge is 0.439 e. The van der Waals surface area contributed by atoms with Gasteiger partial charge in [0.05, 0.1) is 42.3 Å². The van der Waals surface area contributed by atoms with Crippen LogP contribution in [0.4, 0.5) is 0 Å². The Morgan fingerprint density at radius 3 is 2.68 bits per heavy atom. The van der Waals surface area contributed by atoms with E-state index in [1.54, 1.807) is 24.4 Å². The number of benzene rings is 2. The lowest BCUT2D eigenvalue weighted by molar-refractivity contribution is 0.0390. The number of nitrogens with one attached hydrogen (secondary N) is 1. The second-order valence-electron chi connectivity index (χ2n) is 8.47. The van der Waals surface area contributed by atoms with Crippen molar-refractivity contribution >= 4 is 21.1 Å². The lowest BCUT2D eigenvalue weighted by Crippen LogP contribution is -2.41. The van der Waals surface area contributed by atoms with E-state index in [-0.39, 0.29) is 17.2 Å². The van der Waals surface area contributed by atoms with Crippen molar-refractivity contribution in [2.75, 3.05) is 39.4 Å². The summed E-state index contributed by atoms with van der Waals surface area (Å²) >= 11 is 0. The Bertz CT molecular complexity index is 1530. The highest BCUT2D eigenvalue weighted by Crippen LogP contribution is 2.28. The highest BCUT2D eigenvalue weighted by atomic mass is 32.2. The van der Waals surface area contributed by atoms with Crippen molar-refractivity contribution < 1.29 is 17.9 Å². The average molecular weight is 519 g/mol. The maximum Gasteiger partial charge on any atom is 0.240 e. The molecule has 1 N–H and O–H groups in total. The summed E-state index contributed by atoms with van der Waals surface area (Å²) in [4.78, 5) is 11.2. The minimum Gasteiger partial charge on any atom is -0.439 e. The topological polar surface area (TPSA) is 122 Å². The molecule has 0 radical (unpaired) electrons. The van der Waals surface area contributed by atoms with Crippen LogP contribution >= 0.6 is 0 Å². The monoisotopic (exact) mass is 518 g/mol. The van der Waals surface area contributed by atoms with Crippen LogP contribution in [0.3, 0.4) is 0 Å². The van der Waals surface area contributed by atoms with E-state index in [0.29, 0.717) is 43.4 Å². The van der Waals surface area contributed by atoms with E-state index in [2.05, 4.69) is 25.7 Å². The molecule has 0 saturated carbocycles. The summed E-state index contributed by atoms with van der Waals surface area (Å²) in [6.45, 7) is 3.84. The van der Waals surface area contributed by atoms with Gasteiger partial charge >= 0.3 is 0 Å². The summed E-state index contributed by atoms with van der Waals surface area (Å²) in [5.74, 6) is 1.22. The Kier molecular flexibility index (Phi) is 7.43. The van der Waals surface area contributed by atoms with E-state index in [1.165, 1.54) is 12.1 Å². The lowest BCUT2D eigenvalue weighted by Gasteiger charge is -2.26. The van der Waals surface area contributed by atoms with Crippen LogP contribution < -0.4 is 9.46 Å². The van der Waals surface area contributed by atoms with Gasteiger partial charge in [0.2, 0.25) is 15.9 Å². The van der Waals surface area contributed by atoms with Crippen molar-refractivity contribution in [3.8, 4) is 23.4 Å². The third-order valence-electron chi connectivity index (χ3n) is 6.00. The summed E-state index contributed by atoms with van der Waals surface area (Å²) in [6.07, 6.45) is 1.72. The predicted octanol–water partition coefficient (Wildman–Crippen LogP) is 2.89. The zero-order chi connectivity index (χ0) is 25.7. The van der Waals surface area contributed by atoms with Crippen molar-refractivity contribution in [2.24, 2.45) is 0 Å². The highest BCUT2D eigenvalue weighted by Gasteiger charge is 2.18. The number of aromatic nitrogens is 3. The molecule has 0 aliphatic carbocycles. The van der Waals surface area contributed by atoms with Crippen molar-refractivity contribution in [1.82, 2.24) is 24.2 Å². The summed E-state index contributed by atoms with van der Waals surface area (Å²) < 4.78 is 41.5. The fourth-order valence-electron chi connectivity index (χ4n) is 4.19. The van der Waals surface area contributed by atoms with Crippen molar-refractivity contribution in [3.63, 3.8) is 0 Å². The van der Waals surface area contributed by atoms with Gasteiger partial charge in [-0.2, -0.15) is 5.26 Å². The zero-order valence-corrected chi connectivity index (χ0v) is 20.9. The molecule has 190 valence electrons. The molecule has 37 heavy (non-hydrogen) atoms. The predicted molar refractivity (Wildman–Crippen MR) is 137 cm³/mol. The fourth-order valence-corrected chi connectivity index (χ4v) is 5.25. The molecule has 4 aromatic rings. The quantitative estimate of drug-likeness (QED) is 0.359. The van der Waals surface area contributed by atoms with E-state index < -0.39 is 10.0 Å². The molecule has 1 aliphatic rings. The van der Waals surface area contributed by atoms with Crippen LogP contribution in [0.15, 0.2) is 71.8 Å². The Hall–Kier alpha value is -3.82. The molecule has 1 aliphatic heterocycles. The molecule has 0 spiro atoms. The van der Waals surface area contributed by atoms with E-state index >= 15 is 0 Å². The maximum atomic E-state index is 12.9. The van der Waals surface area contributed by atoms with Gasteiger partial charge in [-0.1, -0.05) is 24.3 Å². The number of hydrogen-bond acceptors (Lipinski definition) is 8. The molecule has 0 atom stereocenters. The number of nitriles is 1. The molecular formula is C26H26N6O4S. The third kappa shape index (κ3) is 5.79. The van der Waals surface area contributed by atoms with Crippen LogP contribution in [0.2, 0.25) is 0 Å². The molecule has 1 saturated heterocycles. The molecule has 0 bridgehead atoms. The average Bonchev–Trinajstić information content (AvgIpc) is 3.27. The normalized spacial score (nSPS) is 14.5. The first kappa shape index (κ1) is 24.9. The number of hydrogen-bond donors (Lipinski definition) is 1. The minimum atomic E-state index is -3.71. The van der Waals surface area contributed by atoms with E-state index in [4.69, 9.17) is 9.47 Å². The number of ether oxygens (including phenoxy) is 2. The molecule has 2 aromatic carbocycles. The van der Waals surface area contributed by atoms with Crippen molar-refractivity contribution in [2.45, 2.75) is 11.3 Å². The molecule has 1 fully saturated rings. The van der Waals surface area contributed by atoms with Crippen molar-refractivity contribution in [1.29, 1.82) is 5.26 Å². The maximum absolute atomic E-state index is 12.9. The Balaban J connectivity index is 1.36. The first-order chi connectivity index (χ1) is 18.0. The minimum absolute atomic E-state index is 0.110. The third-order valence-corrected chi connectivity index (χ3v) is 7.46. The number of imidazole rings is 1. The van der Waals surface area contributed by atoms with E-state index in [1.807, 2.05) is 34.9 Å². The fraction of sp³-hybridized carbons (Fsp3) is 0.269. The van der Waals surface area contributed by atoms with E-state index in [0.717, 1.165) is 24.3 Å². The molecule has 0 amide bonds. The van der Waals surface area contributed by atoms with Crippen LogP contribution in [-0.2, 0) is 21.2 Å². The number of para-hydroxylation sites is 1. The summed E-state index contributed by atoms with van der Waals surface area (Å²) in [7, 11) is -3.71. The molecule has 11 heteroatoms. The van der Waals surface area contributed by atoms with Crippen LogP contribution in [0.25, 0.3) is 16.7 Å². The van der Waals surface area contributed by atoms with Gasteiger partial charge in [-0.25, -0.2) is 23.1 Å². The van der Waals surface area contributed by atoms with Gasteiger partial charge in [0.25, 0.3) is 0 Å². The molecule has 0 unspecified atom stereocenters. The van der Waals surface area contributed by atoms with Crippen LogP contribution in [-0.4, -0.2) is 67.2 Å². The number of nitrogens with zero attached hydrogens (tertiary/aromatic N) is 5. The van der Waals surface area contributed by atoms with Gasteiger partial charge < -0.3 is 9.47 Å². The molecular weight excluding hydrogens is 492 g/mol. The summed E-state index contributed by atoms with van der Waals surface area (Å²) in [5.41, 5.74) is 2.22. The first-order valence-electron chi connectivity index (χ1n) is 11.9. The number of pyridine rings is 1. The molecule has 2 aromatic heterocycles. The van der Waals surface area contributed by atoms with Gasteiger partial charge in [-0.3, -0.25) is 9.47 Å². The first-order valence-corrected chi connectivity index (χ1v) is 13.4. The molecule has 3 heterocycles. The SMILES string of the molecule is N#CCc1nc2cnc(Oc3cccc(S(=O)(=O)NCCN4CCOCC4)c3)cc2n1-c1ccccc1. The second-order valence-corrected chi connectivity index (χ2v) is 10.2. The standard InChI is InChI=1S/C26H26N6O4S/c27-10-9-25-30-23-19-28-26(18-24(23)32(25)20-5-2-1-3-6-20)36-21-7-4-8-22(17-21)37(33,34)29-11-12-31-13-15-35-16-14-31/h1-8,17-19,29H,9,11-16H2. The van der Waals surface area contributed by atoms with Gasteiger partial charge in [-0.15, -0.1) is 0 Å². The van der Waals surface area contributed by atoms with Crippen LogP contribution in [0.5, 0.6) is 11.6 Å². The van der Waals surface area contributed by atoms with E-state index in [9.17, 15) is 13.7 Å². The van der Waals surface area contributed by atoms with Gasteiger partial charge in [-0.05, 0) is 24.3 Å². The summed E-state index contributed by atoms with van der Waals surface area (Å²) in [6, 6.07) is 19.8. The number of sulfonamides is 1. The highest BCUT2D eigenvalue weighted by molar-refractivity contribution is 7.89.